The van der Waals surface area contributed by atoms with Gasteiger partial charge in [0, 0.05) is 11.1 Å². The summed E-state index contributed by atoms with van der Waals surface area (Å²) in [5.41, 5.74) is 0.867. The van der Waals surface area contributed by atoms with Gasteiger partial charge in [-0.25, -0.2) is 14.6 Å². The zero-order valence-electron chi connectivity index (χ0n) is 9.14. The molecule has 1 aromatic rings. The molecule has 0 radical (unpaired) electrons. The summed E-state index contributed by atoms with van der Waals surface area (Å²) in [4.78, 5) is 25.9. The molecular formula is C9H13N3O4S. The average molecular weight is 259 g/mol. The summed E-state index contributed by atoms with van der Waals surface area (Å²) < 4.78 is 0. The number of carbonyl (C=O) groups excluding carboxylic acids is 1. The molecule has 8 heteroatoms. The molecule has 1 aromatic heterocycles. The molecule has 1 rings (SSSR count). The minimum atomic E-state index is -1.30. The molecule has 0 aliphatic carbocycles. The van der Waals surface area contributed by atoms with Gasteiger partial charge in [0.05, 0.1) is 13.2 Å². The molecule has 0 unspecified atom stereocenters. The summed E-state index contributed by atoms with van der Waals surface area (Å²) in [5, 5.41) is 24.5. The molecular weight excluding hydrogens is 246 g/mol. The van der Waals surface area contributed by atoms with Crippen LogP contribution in [0.25, 0.3) is 0 Å². The third kappa shape index (κ3) is 4.37. The van der Waals surface area contributed by atoms with Crippen molar-refractivity contribution in [3.05, 3.63) is 16.1 Å². The zero-order chi connectivity index (χ0) is 12.8. The van der Waals surface area contributed by atoms with Crippen molar-refractivity contribution in [1.29, 1.82) is 0 Å². The van der Waals surface area contributed by atoms with Gasteiger partial charge in [-0.2, -0.15) is 0 Å². The van der Waals surface area contributed by atoms with Gasteiger partial charge in [-0.1, -0.05) is 0 Å². The highest BCUT2D eigenvalue weighted by atomic mass is 32.1. The van der Waals surface area contributed by atoms with E-state index in [4.69, 9.17) is 10.2 Å². The van der Waals surface area contributed by atoms with E-state index in [9.17, 15) is 9.59 Å². The molecule has 94 valence electrons. The minimum absolute atomic E-state index is 0.224. The predicted octanol–water partition coefficient (Wildman–Crippen LogP) is -0.304. The lowest BCUT2D eigenvalue weighted by Crippen LogP contribution is -2.47. The lowest BCUT2D eigenvalue weighted by Gasteiger charge is -2.11. The number of aliphatic carboxylic acids is 1. The van der Waals surface area contributed by atoms with Crippen LogP contribution in [0.15, 0.2) is 5.38 Å². The summed E-state index contributed by atoms with van der Waals surface area (Å²) in [7, 11) is 0. The molecule has 7 nitrogen and oxygen atoms in total. The highest BCUT2D eigenvalue weighted by molar-refractivity contribution is 7.09. The van der Waals surface area contributed by atoms with Gasteiger partial charge < -0.3 is 20.8 Å². The fourth-order valence-electron chi connectivity index (χ4n) is 1.03. The van der Waals surface area contributed by atoms with Gasteiger partial charge in [0.1, 0.15) is 5.01 Å². The SMILES string of the molecule is Cc1csc(CNC(=O)N[C@@H](CO)C(=O)O)n1. The first-order valence-electron chi connectivity index (χ1n) is 4.82. The number of thiazole rings is 1. The molecule has 2 amide bonds. The van der Waals surface area contributed by atoms with Crippen LogP contribution >= 0.6 is 11.3 Å². The Balaban J connectivity index is 2.37. The van der Waals surface area contributed by atoms with Crippen LogP contribution < -0.4 is 10.6 Å². The van der Waals surface area contributed by atoms with Crippen molar-refractivity contribution in [3.63, 3.8) is 0 Å². The first kappa shape index (κ1) is 13.4. The molecule has 0 bridgehead atoms. The van der Waals surface area contributed by atoms with E-state index in [2.05, 4.69) is 15.6 Å². The maximum Gasteiger partial charge on any atom is 0.328 e. The third-order valence-electron chi connectivity index (χ3n) is 1.85. The number of aryl methyl sites for hydroxylation is 1. The summed E-state index contributed by atoms with van der Waals surface area (Å²) in [6.07, 6.45) is 0. The van der Waals surface area contributed by atoms with E-state index >= 15 is 0 Å². The van der Waals surface area contributed by atoms with E-state index in [0.29, 0.717) is 0 Å². The third-order valence-corrected chi connectivity index (χ3v) is 2.82. The number of carboxylic acids is 1. The predicted molar refractivity (Wildman–Crippen MR) is 60.7 cm³/mol. The lowest BCUT2D eigenvalue weighted by atomic mass is 10.3. The van der Waals surface area contributed by atoms with E-state index in [0.717, 1.165) is 10.7 Å². The number of aliphatic hydroxyl groups is 1. The Kier molecular flexibility index (Phi) is 4.85. The number of hydrogen-bond acceptors (Lipinski definition) is 5. The van der Waals surface area contributed by atoms with Gasteiger partial charge in [0.15, 0.2) is 6.04 Å². The van der Waals surface area contributed by atoms with Crippen LogP contribution in [0.1, 0.15) is 10.7 Å². The minimum Gasteiger partial charge on any atom is -0.480 e. The van der Waals surface area contributed by atoms with Gasteiger partial charge in [-0.3, -0.25) is 0 Å². The highest BCUT2D eigenvalue weighted by Gasteiger charge is 2.18. The van der Waals surface area contributed by atoms with Crippen molar-refractivity contribution >= 4 is 23.3 Å². The Bertz CT molecular complexity index is 407. The van der Waals surface area contributed by atoms with Crippen LogP contribution in [0.5, 0.6) is 0 Å². The maximum atomic E-state index is 11.3. The number of hydrogen-bond donors (Lipinski definition) is 4. The maximum absolute atomic E-state index is 11.3. The van der Waals surface area contributed by atoms with Crippen LogP contribution in [0.4, 0.5) is 4.79 Å². The van der Waals surface area contributed by atoms with E-state index < -0.39 is 24.6 Å². The van der Waals surface area contributed by atoms with Crippen molar-refractivity contribution in [2.45, 2.75) is 19.5 Å². The molecule has 1 heterocycles. The van der Waals surface area contributed by atoms with E-state index in [-0.39, 0.29) is 6.54 Å². The van der Waals surface area contributed by atoms with E-state index in [1.54, 1.807) is 0 Å². The average Bonchev–Trinajstić information content (AvgIpc) is 2.68. The fourth-order valence-corrected chi connectivity index (χ4v) is 1.75. The largest absolute Gasteiger partial charge is 0.480 e. The van der Waals surface area contributed by atoms with Crippen LogP contribution in [0, 0.1) is 6.92 Å². The van der Waals surface area contributed by atoms with Crippen molar-refractivity contribution in [1.82, 2.24) is 15.6 Å². The van der Waals surface area contributed by atoms with Crippen LogP contribution in [-0.2, 0) is 11.3 Å². The Morgan fingerprint density at radius 2 is 2.29 bits per heavy atom. The van der Waals surface area contributed by atoms with E-state index in [1.165, 1.54) is 11.3 Å². The second-order valence-electron chi connectivity index (χ2n) is 3.28. The Hall–Kier alpha value is -1.67. The number of carbonyl (C=O) groups is 2. The van der Waals surface area contributed by atoms with Crippen LogP contribution in [-0.4, -0.2) is 39.8 Å². The molecule has 1 atom stereocenters. The Morgan fingerprint density at radius 3 is 2.76 bits per heavy atom. The van der Waals surface area contributed by atoms with Gasteiger partial charge in [0.2, 0.25) is 0 Å². The van der Waals surface area contributed by atoms with Gasteiger partial charge in [0.25, 0.3) is 0 Å². The monoisotopic (exact) mass is 259 g/mol. The standard InChI is InChI=1S/C9H13N3O4S/c1-5-4-17-7(11-5)2-10-9(16)12-6(3-13)8(14)15/h4,6,13H,2-3H2,1H3,(H,14,15)(H2,10,12,16)/t6-/m0/s1. The number of rotatable bonds is 5. The topological polar surface area (TPSA) is 112 Å². The number of aliphatic hydroxyl groups excluding tert-OH is 1. The van der Waals surface area contributed by atoms with Crippen molar-refractivity contribution in [3.8, 4) is 0 Å². The van der Waals surface area contributed by atoms with Crippen molar-refractivity contribution < 1.29 is 19.8 Å². The van der Waals surface area contributed by atoms with Gasteiger partial charge in [-0.15, -0.1) is 11.3 Å². The molecule has 0 aliphatic rings. The summed E-state index contributed by atoms with van der Waals surface area (Å²) >= 11 is 1.40. The van der Waals surface area contributed by atoms with Gasteiger partial charge in [-0.05, 0) is 6.92 Å². The zero-order valence-corrected chi connectivity index (χ0v) is 9.95. The molecule has 17 heavy (non-hydrogen) atoms. The van der Waals surface area contributed by atoms with E-state index in [1.807, 2.05) is 12.3 Å². The number of nitrogens with zero attached hydrogens (tertiary/aromatic N) is 1. The Morgan fingerprint density at radius 1 is 1.59 bits per heavy atom. The van der Waals surface area contributed by atoms with Crippen LogP contribution in [0.2, 0.25) is 0 Å². The van der Waals surface area contributed by atoms with Crippen molar-refractivity contribution in [2.75, 3.05) is 6.61 Å². The van der Waals surface area contributed by atoms with Gasteiger partial charge >= 0.3 is 12.0 Å². The number of nitrogens with one attached hydrogen (secondary N) is 2. The first-order valence-corrected chi connectivity index (χ1v) is 5.70. The summed E-state index contributed by atoms with van der Waals surface area (Å²) in [6.45, 7) is 1.41. The second-order valence-corrected chi connectivity index (χ2v) is 4.23. The molecule has 0 spiro atoms. The molecule has 0 saturated carbocycles. The molecule has 0 aliphatic heterocycles. The molecule has 0 aromatic carbocycles. The summed E-state index contributed by atoms with van der Waals surface area (Å²) in [5.74, 6) is -1.28. The van der Waals surface area contributed by atoms with Crippen molar-refractivity contribution in [2.24, 2.45) is 0 Å². The first-order chi connectivity index (χ1) is 8.02. The smallest absolute Gasteiger partial charge is 0.328 e. The second kappa shape index (κ2) is 6.16. The summed E-state index contributed by atoms with van der Waals surface area (Å²) in [6, 6.07) is -1.95. The molecule has 0 saturated heterocycles. The Labute approximate surface area is 101 Å². The number of amides is 2. The number of urea groups is 1. The lowest BCUT2D eigenvalue weighted by molar-refractivity contribution is -0.140. The normalized spacial score (nSPS) is 11.9. The number of carboxylic acid groups (broad SMARTS) is 1. The van der Waals surface area contributed by atoms with Crippen LogP contribution in [0.3, 0.4) is 0 Å². The molecule has 0 fully saturated rings. The fraction of sp³-hybridized carbons (Fsp3) is 0.444. The number of aromatic nitrogens is 1. The highest BCUT2D eigenvalue weighted by Crippen LogP contribution is 2.07. The quantitative estimate of drug-likeness (QED) is 0.580. The molecule has 4 N–H and O–H groups in total.